The number of nitrogens with zero attached hydrogens (tertiary/aromatic N) is 1. The molecular formula is C13H26F3NO2S. The summed E-state index contributed by atoms with van der Waals surface area (Å²) in [5.41, 5.74) is -0.0516. The Bertz CT molecular complexity index is 372. The molecule has 0 aromatic carbocycles. The van der Waals surface area contributed by atoms with Crippen LogP contribution >= 0.6 is 0 Å². The number of alkyl halides is 3. The minimum absolute atomic E-state index is 0.0516. The maximum atomic E-state index is 12.2. The van der Waals surface area contributed by atoms with Crippen LogP contribution in [0.2, 0.25) is 0 Å². The van der Waals surface area contributed by atoms with Crippen LogP contribution in [-0.4, -0.2) is 37.7 Å². The third kappa shape index (κ3) is 9.58. The predicted molar refractivity (Wildman–Crippen MR) is 75.0 cm³/mol. The largest absolute Gasteiger partial charge is 0.390 e. The van der Waals surface area contributed by atoms with E-state index in [9.17, 15) is 21.6 Å². The molecule has 0 saturated heterocycles. The Morgan fingerprint density at radius 1 is 1.00 bits per heavy atom. The summed E-state index contributed by atoms with van der Waals surface area (Å²) in [6.45, 7) is 8.44. The van der Waals surface area contributed by atoms with Crippen LogP contribution in [-0.2, 0) is 10.0 Å². The molecule has 3 nitrogen and oxygen atoms in total. The zero-order valence-electron chi connectivity index (χ0n) is 12.8. The third-order valence-corrected chi connectivity index (χ3v) is 4.78. The molecule has 0 heterocycles. The molecular weight excluding hydrogens is 291 g/mol. The van der Waals surface area contributed by atoms with Crippen LogP contribution in [0.4, 0.5) is 13.2 Å². The van der Waals surface area contributed by atoms with Crippen molar-refractivity contribution >= 4 is 10.0 Å². The summed E-state index contributed by atoms with van der Waals surface area (Å²) >= 11 is 0. The van der Waals surface area contributed by atoms with E-state index in [0.717, 1.165) is 6.42 Å². The standard InChI is InChI=1S/C13H26F3NO2S/c1-5-6-9-17(10-7-12(2,3)4)20(18,19)11-8-13(14,15)16/h5-11H2,1-4H3. The van der Waals surface area contributed by atoms with E-state index in [1.165, 1.54) is 4.31 Å². The smallest absolute Gasteiger partial charge is 0.212 e. The number of hydrogen-bond acceptors (Lipinski definition) is 2. The van der Waals surface area contributed by atoms with E-state index >= 15 is 0 Å². The van der Waals surface area contributed by atoms with Gasteiger partial charge in [0, 0.05) is 13.1 Å². The van der Waals surface area contributed by atoms with E-state index in [-0.39, 0.29) is 12.0 Å². The van der Waals surface area contributed by atoms with Crippen LogP contribution in [0.1, 0.15) is 53.4 Å². The number of halogens is 3. The van der Waals surface area contributed by atoms with Gasteiger partial charge in [-0.15, -0.1) is 0 Å². The molecule has 0 atom stereocenters. The number of sulfonamides is 1. The second-order valence-electron chi connectivity index (χ2n) is 6.24. The molecule has 0 spiro atoms. The molecule has 0 aliphatic carbocycles. The number of unbranched alkanes of at least 4 members (excludes halogenated alkanes) is 1. The van der Waals surface area contributed by atoms with Crippen molar-refractivity contribution in [3.63, 3.8) is 0 Å². The summed E-state index contributed by atoms with van der Waals surface area (Å²) in [4.78, 5) is 0. The zero-order valence-corrected chi connectivity index (χ0v) is 13.6. The van der Waals surface area contributed by atoms with Gasteiger partial charge in [-0.25, -0.2) is 12.7 Å². The van der Waals surface area contributed by atoms with Crippen molar-refractivity contribution in [2.24, 2.45) is 5.41 Å². The Hall–Kier alpha value is -0.300. The highest BCUT2D eigenvalue weighted by atomic mass is 32.2. The molecule has 0 fully saturated rings. The van der Waals surface area contributed by atoms with E-state index in [4.69, 9.17) is 0 Å². The number of hydrogen-bond donors (Lipinski definition) is 0. The molecule has 0 aliphatic heterocycles. The van der Waals surface area contributed by atoms with Crippen LogP contribution in [0.25, 0.3) is 0 Å². The van der Waals surface area contributed by atoms with Crippen LogP contribution in [0, 0.1) is 5.41 Å². The maximum Gasteiger partial charge on any atom is 0.390 e. The van der Waals surface area contributed by atoms with Crippen LogP contribution in [0.15, 0.2) is 0 Å². The molecule has 20 heavy (non-hydrogen) atoms. The van der Waals surface area contributed by atoms with Gasteiger partial charge in [-0.1, -0.05) is 34.1 Å². The fraction of sp³-hybridized carbons (Fsp3) is 1.00. The van der Waals surface area contributed by atoms with Crippen molar-refractivity contribution in [1.29, 1.82) is 0 Å². The maximum absolute atomic E-state index is 12.2. The molecule has 122 valence electrons. The Kier molecular flexibility index (Phi) is 7.52. The number of rotatable bonds is 8. The highest BCUT2D eigenvalue weighted by molar-refractivity contribution is 7.89. The lowest BCUT2D eigenvalue weighted by molar-refractivity contribution is -0.130. The van der Waals surface area contributed by atoms with Crippen LogP contribution in [0.5, 0.6) is 0 Å². The van der Waals surface area contributed by atoms with E-state index in [1.54, 1.807) is 0 Å². The van der Waals surface area contributed by atoms with E-state index in [2.05, 4.69) is 0 Å². The summed E-state index contributed by atoms with van der Waals surface area (Å²) in [6.07, 6.45) is -3.63. The molecule has 0 aromatic rings. The second kappa shape index (κ2) is 7.64. The topological polar surface area (TPSA) is 37.4 Å². The molecule has 0 N–H and O–H groups in total. The average Bonchev–Trinajstić information content (AvgIpc) is 2.24. The Labute approximate surface area is 120 Å². The van der Waals surface area contributed by atoms with Crippen molar-refractivity contribution < 1.29 is 21.6 Å². The van der Waals surface area contributed by atoms with Gasteiger partial charge in [0.2, 0.25) is 10.0 Å². The zero-order chi connectivity index (χ0) is 16.0. The van der Waals surface area contributed by atoms with Crippen LogP contribution < -0.4 is 0 Å². The van der Waals surface area contributed by atoms with Gasteiger partial charge in [-0.3, -0.25) is 0 Å². The van der Waals surface area contributed by atoms with Gasteiger partial charge in [0.25, 0.3) is 0 Å². The van der Waals surface area contributed by atoms with Gasteiger partial charge in [0.15, 0.2) is 0 Å². The molecule has 7 heteroatoms. The Balaban J connectivity index is 4.73. The first kappa shape index (κ1) is 19.7. The highest BCUT2D eigenvalue weighted by Crippen LogP contribution is 2.23. The van der Waals surface area contributed by atoms with Gasteiger partial charge in [0.05, 0.1) is 12.2 Å². The molecule has 0 aliphatic rings. The lowest BCUT2D eigenvalue weighted by Gasteiger charge is -2.26. The molecule has 0 aromatic heterocycles. The van der Waals surface area contributed by atoms with Crippen molar-refractivity contribution in [3.8, 4) is 0 Å². The van der Waals surface area contributed by atoms with Gasteiger partial charge >= 0.3 is 6.18 Å². The first-order chi connectivity index (χ1) is 8.87. The van der Waals surface area contributed by atoms with E-state index in [0.29, 0.717) is 19.4 Å². The Morgan fingerprint density at radius 2 is 1.55 bits per heavy atom. The summed E-state index contributed by atoms with van der Waals surface area (Å²) in [7, 11) is -3.84. The van der Waals surface area contributed by atoms with Gasteiger partial charge in [-0.2, -0.15) is 13.2 Å². The van der Waals surface area contributed by atoms with Crippen molar-refractivity contribution in [2.75, 3.05) is 18.8 Å². The summed E-state index contributed by atoms with van der Waals surface area (Å²) in [5, 5.41) is 0. The lowest BCUT2D eigenvalue weighted by atomic mass is 9.92. The summed E-state index contributed by atoms with van der Waals surface area (Å²) in [5.74, 6) is -0.857. The lowest BCUT2D eigenvalue weighted by Crippen LogP contribution is -2.37. The molecule has 0 rings (SSSR count). The fourth-order valence-corrected chi connectivity index (χ4v) is 3.08. The Morgan fingerprint density at radius 3 is 1.95 bits per heavy atom. The van der Waals surface area contributed by atoms with Gasteiger partial charge in [-0.05, 0) is 18.3 Å². The van der Waals surface area contributed by atoms with E-state index < -0.39 is 28.4 Å². The first-order valence-electron chi connectivity index (χ1n) is 6.92. The molecule has 0 unspecified atom stereocenters. The summed E-state index contributed by atoms with van der Waals surface area (Å²) in [6, 6.07) is 0. The monoisotopic (exact) mass is 317 g/mol. The normalized spacial score (nSPS) is 14.0. The average molecular weight is 317 g/mol. The summed E-state index contributed by atoms with van der Waals surface area (Å²) < 4.78 is 61.8. The molecule has 0 bridgehead atoms. The highest BCUT2D eigenvalue weighted by Gasteiger charge is 2.32. The van der Waals surface area contributed by atoms with E-state index in [1.807, 2.05) is 27.7 Å². The fourth-order valence-electron chi connectivity index (χ4n) is 1.56. The van der Waals surface area contributed by atoms with Gasteiger partial charge < -0.3 is 0 Å². The van der Waals surface area contributed by atoms with Gasteiger partial charge in [0.1, 0.15) is 0 Å². The third-order valence-electron chi connectivity index (χ3n) is 2.91. The SMILES string of the molecule is CCCCN(CCC(C)(C)C)S(=O)(=O)CCC(F)(F)F. The van der Waals surface area contributed by atoms with Crippen molar-refractivity contribution in [1.82, 2.24) is 4.31 Å². The quantitative estimate of drug-likeness (QED) is 0.683. The molecule has 0 radical (unpaired) electrons. The predicted octanol–water partition coefficient (Wildman–Crippen LogP) is 3.81. The minimum Gasteiger partial charge on any atom is -0.212 e. The van der Waals surface area contributed by atoms with Crippen molar-refractivity contribution in [2.45, 2.75) is 59.6 Å². The first-order valence-corrected chi connectivity index (χ1v) is 8.53. The minimum atomic E-state index is -4.44. The second-order valence-corrected chi connectivity index (χ2v) is 8.33. The molecule has 0 saturated carbocycles. The van der Waals surface area contributed by atoms with Crippen molar-refractivity contribution in [3.05, 3.63) is 0 Å². The molecule has 0 amide bonds. The van der Waals surface area contributed by atoms with Crippen LogP contribution in [0.3, 0.4) is 0 Å².